The van der Waals surface area contributed by atoms with Crippen molar-refractivity contribution in [3.05, 3.63) is 42.0 Å². The van der Waals surface area contributed by atoms with Gasteiger partial charge < -0.3 is 0 Å². The van der Waals surface area contributed by atoms with E-state index in [2.05, 4.69) is 39.5 Å². The van der Waals surface area contributed by atoms with Gasteiger partial charge in [0.15, 0.2) is 0 Å². The van der Waals surface area contributed by atoms with E-state index in [1.807, 2.05) is 17.5 Å². The SMILES string of the molecule is C=C(SC#N)c1ccc(C(C)(C)C)cc1. The second-order valence-corrected chi connectivity index (χ2v) is 5.32. The van der Waals surface area contributed by atoms with Crippen LogP contribution < -0.4 is 0 Å². The molecule has 0 aliphatic rings. The molecule has 0 bridgehead atoms. The summed E-state index contributed by atoms with van der Waals surface area (Å²) in [6, 6.07) is 8.23. The molecule has 0 aliphatic carbocycles. The summed E-state index contributed by atoms with van der Waals surface area (Å²) in [6.07, 6.45) is 0. The fourth-order valence-electron chi connectivity index (χ4n) is 1.27. The van der Waals surface area contributed by atoms with Crippen molar-refractivity contribution in [2.24, 2.45) is 0 Å². The zero-order valence-corrected chi connectivity index (χ0v) is 10.2. The summed E-state index contributed by atoms with van der Waals surface area (Å²) in [4.78, 5) is 0.804. The first-order chi connectivity index (χ1) is 6.95. The van der Waals surface area contributed by atoms with Crippen LogP contribution in [0.4, 0.5) is 0 Å². The lowest BCUT2D eigenvalue weighted by molar-refractivity contribution is 0.590. The van der Waals surface area contributed by atoms with Crippen LogP contribution in [-0.2, 0) is 5.41 Å². The molecule has 0 atom stereocenters. The summed E-state index contributed by atoms with van der Waals surface area (Å²) < 4.78 is 0. The Bertz CT molecular complexity index is 390. The largest absolute Gasteiger partial charge is 0.185 e. The van der Waals surface area contributed by atoms with Crippen LogP contribution in [0.1, 0.15) is 31.9 Å². The van der Waals surface area contributed by atoms with Gasteiger partial charge in [-0.3, -0.25) is 0 Å². The van der Waals surface area contributed by atoms with Gasteiger partial charge in [0, 0.05) is 4.91 Å². The Morgan fingerprint density at radius 1 is 1.27 bits per heavy atom. The van der Waals surface area contributed by atoms with Crippen LogP contribution in [0.5, 0.6) is 0 Å². The molecular formula is C13H15NS. The molecule has 0 amide bonds. The molecule has 1 nitrogen and oxygen atoms in total. The van der Waals surface area contributed by atoms with Gasteiger partial charge in [-0.2, -0.15) is 5.26 Å². The summed E-state index contributed by atoms with van der Waals surface area (Å²) in [5.74, 6) is 0. The Labute approximate surface area is 95.8 Å². The van der Waals surface area contributed by atoms with E-state index in [0.717, 1.165) is 22.2 Å². The van der Waals surface area contributed by atoms with Crippen LogP contribution in [-0.4, -0.2) is 0 Å². The lowest BCUT2D eigenvalue weighted by Crippen LogP contribution is -2.10. The zero-order valence-electron chi connectivity index (χ0n) is 9.37. The smallest absolute Gasteiger partial charge is 0.138 e. The van der Waals surface area contributed by atoms with Crippen molar-refractivity contribution >= 4 is 16.7 Å². The molecule has 2 heteroatoms. The van der Waals surface area contributed by atoms with E-state index in [1.165, 1.54) is 5.56 Å². The van der Waals surface area contributed by atoms with E-state index < -0.39 is 0 Å². The van der Waals surface area contributed by atoms with Gasteiger partial charge in [-0.1, -0.05) is 51.6 Å². The minimum atomic E-state index is 0.169. The normalized spacial score (nSPS) is 10.8. The quantitative estimate of drug-likeness (QED) is 0.694. The van der Waals surface area contributed by atoms with Crippen molar-refractivity contribution in [3.8, 4) is 5.40 Å². The van der Waals surface area contributed by atoms with Crippen molar-refractivity contribution in [2.75, 3.05) is 0 Å². The van der Waals surface area contributed by atoms with Crippen LogP contribution >= 0.6 is 11.8 Å². The maximum atomic E-state index is 8.53. The Balaban J connectivity index is 2.92. The number of hydrogen-bond donors (Lipinski definition) is 0. The van der Waals surface area contributed by atoms with Crippen molar-refractivity contribution in [3.63, 3.8) is 0 Å². The predicted molar refractivity (Wildman–Crippen MR) is 67.4 cm³/mol. The first kappa shape index (κ1) is 11.9. The molecular weight excluding hydrogens is 202 g/mol. The number of nitriles is 1. The van der Waals surface area contributed by atoms with Crippen LogP contribution in [0, 0.1) is 10.7 Å². The van der Waals surface area contributed by atoms with E-state index in [-0.39, 0.29) is 5.41 Å². The Morgan fingerprint density at radius 3 is 2.20 bits per heavy atom. The van der Waals surface area contributed by atoms with Gasteiger partial charge in [0.25, 0.3) is 0 Å². The number of nitrogens with zero attached hydrogens (tertiary/aromatic N) is 1. The molecule has 15 heavy (non-hydrogen) atoms. The molecule has 1 aromatic rings. The molecule has 0 saturated carbocycles. The number of rotatable bonds is 2. The maximum absolute atomic E-state index is 8.53. The highest BCUT2D eigenvalue weighted by molar-refractivity contribution is 8.12. The molecule has 1 rings (SSSR count). The van der Waals surface area contributed by atoms with E-state index in [4.69, 9.17) is 5.26 Å². The Kier molecular flexibility index (Phi) is 3.60. The molecule has 0 aromatic heterocycles. The minimum Gasteiger partial charge on any atom is -0.185 e. The second kappa shape index (κ2) is 4.55. The van der Waals surface area contributed by atoms with Gasteiger partial charge >= 0.3 is 0 Å². The van der Waals surface area contributed by atoms with Crippen molar-refractivity contribution < 1.29 is 0 Å². The molecule has 0 unspecified atom stereocenters. The predicted octanol–water partition coefficient (Wildman–Crippen LogP) is 4.17. The second-order valence-electron chi connectivity index (χ2n) is 4.44. The third kappa shape index (κ3) is 3.14. The van der Waals surface area contributed by atoms with Crippen LogP contribution in [0.3, 0.4) is 0 Å². The number of thioether (sulfide) groups is 1. The van der Waals surface area contributed by atoms with Crippen molar-refractivity contribution in [2.45, 2.75) is 26.2 Å². The number of thiocyanates is 1. The summed E-state index contributed by atoms with van der Waals surface area (Å²) in [7, 11) is 0. The van der Waals surface area contributed by atoms with Gasteiger partial charge in [0.2, 0.25) is 0 Å². The molecule has 0 spiro atoms. The fourth-order valence-corrected chi connectivity index (χ4v) is 1.63. The molecule has 0 radical (unpaired) electrons. The summed E-state index contributed by atoms with van der Waals surface area (Å²) >= 11 is 1.11. The fraction of sp³-hybridized carbons (Fsp3) is 0.308. The monoisotopic (exact) mass is 217 g/mol. The first-order valence-electron chi connectivity index (χ1n) is 4.81. The minimum absolute atomic E-state index is 0.169. The van der Waals surface area contributed by atoms with E-state index in [1.54, 1.807) is 0 Å². The average Bonchev–Trinajstić information content (AvgIpc) is 2.17. The molecule has 1 aromatic carbocycles. The molecule has 0 aliphatic heterocycles. The highest BCUT2D eigenvalue weighted by Gasteiger charge is 2.13. The summed E-state index contributed by atoms with van der Waals surface area (Å²) in [6.45, 7) is 10.4. The molecule has 0 fully saturated rings. The third-order valence-electron chi connectivity index (χ3n) is 2.24. The highest BCUT2D eigenvalue weighted by Crippen LogP contribution is 2.27. The van der Waals surface area contributed by atoms with Gasteiger partial charge in [-0.15, -0.1) is 0 Å². The highest BCUT2D eigenvalue weighted by atomic mass is 32.2. The van der Waals surface area contributed by atoms with Crippen LogP contribution in [0.25, 0.3) is 4.91 Å². The average molecular weight is 217 g/mol. The van der Waals surface area contributed by atoms with Gasteiger partial charge in [0.05, 0.1) is 0 Å². The molecule has 0 N–H and O–H groups in total. The van der Waals surface area contributed by atoms with Crippen LogP contribution in [0.15, 0.2) is 30.8 Å². The van der Waals surface area contributed by atoms with Crippen LogP contribution in [0.2, 0.25) is 0 Å². The summed E-state index contributed by atoms with van der Waals surface area (Å²) in [5.41, 5.74) is 2.48. The van der Waals surface area contributed by atoms with Gasteiger partial charge in [-0.05, 0) is 28.3 Å². The molecule has 0 saturated heterocycles. The lowest BCUT2D eigenvalue weighted by Gasteiger charge is -2.19. The van der Waals surface area contributed by atoms with E-state index in [9.17, 15) is 0 Å². The molecule has 78 valence electrons. The van der Waals surface area contributed by atoms with Gasteiger partial charge in [0.1, 0.15) is 5.40 Å². The topological polar surface area (TPSA) is 23.8 Å². The van der Waals surface area contributed by atoms with Crippen molar-refractivity contribution in [1.82, 2.24) is 0 Å². The number of benzene rings is 1. The van der Waals surface area contributed by atoms with Crippen molar-refractivity contribution in [1.29, 1.82) is 5.26 Å². The Hall–Kier alpha value is -1.20. The van der Waals surface area contributed by atoms with E-state index >= 15 is 0 Å². The number of hydrogen-bond acceptors (Lipinski definition) is 2. The standard InChI is InChI=1S/C13H15NS/c1-10(15-9-14)11-5-7-12(8-6-11)13(2,3)4/h5-8H,1H2,2-4H3. The lowest BCUT2D eigenvalue weighted by atomic mass is 9.87. The van der Waals surface area contributed by atoms with Gasteiger partial charge in [-0.25, -0.2) is 0 Å². The third-order valence-corrected chi connectivity index (χ3v) is 2.82. The Morgan fingerprint density at radius 2 is 1.80 bits per heavy atom. The molecule has 0 heterocycles. The van der Waals surface area contributed by atoms with E-state index in [0.29, 0.717) is 0 Å². The zero-order chi connectivity index (χ0) is 11.5. The first-order valence-corrected chi connectivity index (χ1v) is 5.62. The summed E-state index contributed by atoms with van der Waals surface area (Å²) in [5, 5.41) is 10.6. The maximum Gasteiger partial charge on any atom is 0.138 e.